The Morgan fingerprint density at radius 3 is 2.68 bits per heavy atom. The first kappa shape index (κ1) is 16.6. The van der Waals surface area contributed by atoms with Crippen molar-refractivity contribution in [3.63, 3.8) is 0 Å². The van der Waals surface area contributed by atoms with Crippen molar-refractivity contribution in [3.8, 4) is 0 Å². The van der Waals surface area contributed by atoms with Crippen molar-refractivity contribution in [3.05, 3.63) is 47.5 Å². The highest BCUT2D eigenvalue weighted by atomic mass is 16.6. The van der Waals surface area contributed by atoms with E-state index in [0.717, 1.165) is 44.0 Å². The molecule has 0 aromatic heterocycles. The molecule has 1 aromatic carbocycles. The van der Waals surface area contributed by atoms with E-state index in [1.54, 1.807) is 5.57 Å². The van der Waals surface area contributed by atoms with Gasteiger partial charge in [0.05, 0.1) is 6.04 Å². The van der Waals surface area contributed by atoms with Crippen LogP contribution in [0.3, 0.4) is 0 Å². The largest absolute Gasteiger partial charge is 0.445 e. The quantitative estimate of drug-likeness (QED) is 0.766. The number of carbonyl (C=O) groups is 1. The summed E-state index contributed by atoms with van der Waals surface area (Å²) in [5.41, 5.74) is 2.59. The summed E-state index contributed by atoms with van der Waals surface area (Å²) in [6, 6.07) is 10.5. The molecule has 3 aliphatic rings. The van der Waals surface area contributed by atoms with Crippen molar-refractivity contribution < 1.29 is 14.3 Å². The lowest BCUT2D eigenvalue weighted by molar-refractivity contribution is 0.0645. The third kappa shape index (κ3) is 3.90. The van der Waals surface area contributed by atoms with Crippen LogP contribution in [-0.4, -0.2) is 36.3 Å². The number of benzene rings is 1. The normalized spacial score (nSPS) is 26.4. The molecule has 4 nitrogen and oxygen atoms in total. The molecule has 3 heterocycles. The Morgan fingerprint density at radius 1 is 1.12 bits per heavy atom. The summed E-state index contributed by atoms with van der Waals surface area (Å²) in [7, 11) is 0. The molecule has 25 heavy (non-hydrogen) atoms. The van der Waals surface area contributed by atoms with Gasteiger partial charge in [-0.15, -0.1) is 0 Å². The first-order valence-electron chi connectivity index (χ1n) is 9.56. The minimum Gasteiger partial charge on any atom is -0.445 e. The van der Waals surface area contributed by atoms with Crippen LogP contribution in [0.15, 0.2) is 42.0 Å². The Hall–Kier alpha value is -1.81. The summed E-state index contributed by atoms with van der Waals surface area (Å²) in [5.74, 6) is 0.760. The number of hydrogen-bond acceptors (Lipinski definition) is 3. The average molecular weight is 341 g/mol. The number of fused-ring (bicyclic) bond motifs is 2. The SMILES string of the molecule is O=C(OCc1ccccc1)N1C2C=C(CC3CCOCC3)CC1CC2. The molecule has 2 saturated heterocycles. The van der Waals surface area contributed by atoms with Gasteiger partial charge in [-0.2, -0.15) is 0 Å². The predicted octanol–water partition coefficient (Wildman–Crippen LogP) is 4.30. The molecule has 0 spiro atoms. The van der Waals surface area contributed by atoms with Crippen LogP contribution in [-0.2, 0) is 16.1 Å². The molecule has 2 atom stereocenters. The maximum absolute atomic E-state index is 12.6. The second kappa shape index (κ2) is 7.61. The molecule has 0 N–H and O–H groups in total. The smallest absolute Gasteiger partial charge is 0.410 e. The zero-order chi connectivity index (χ0) is 17.1. The Bertz CT molecular complexity index is 621. The van der Waals surface area contributed by atoms with Crippen molar-refractivity contribution in [1.29, 1.82) is 0 Å². The lowest BCUT2D eigenvalue weighted by atomic mass is 9.88. The van der Waals surface area contributed by atoms with Gasteiger partial charge >= 0.3 is 6.09 Å². The van der Waals surface area contributed by atoms with Gasteiger partial charge in [0.2, 0.25) is 0 Å². The highest BCUT2D eigenvalue weighted by Crippen LogP contribution is 2.38. The van der Waals surface area contributed by atoms with Gasteiger partial charge < -0.3 is 9.47 Å². The summed E-state index contributed by atoms with van der Waals surface area (Å²) < 4.78 is 11.0. The Labute approximate surface area is 149 Å². The first-order chi connectivity index (χ1) is 12.3. The molecule has 0 radical (unpaired) electrons. The van der Waals surface area contributed by atoms with Crippen LogP contribution in [0.2, 0.25) is 0 Å². The minimum atomic E-state index is -0.155. The molecule has 3 aliphatic heterocycles. The summed E-state index contributed by atoms with van der Waals surface area (Å²) in [4.78, 5) is 14.6. The second-order valence-electron chi connectivity index (χ2n) is 7.53. The number of hydrogen-bond donors (Lipinski definition) is 0. The van der Waals surface area contributed by atoms with Crippen LogP contribution in [0.1, 0.15) is 44.1 Å². The summed E-state index contributed by atoms with van der Waals surface area (Å²) in [6.07, 6.45) is 8.92. The molecule has 0 saturated carbocycles. The van der Waals surface area contributed by atoms with Crippen LogP contribution >= 0.6 is 0 Å². The maximum Gasteiger partial charge on any atom is 0.410 e. The number of ether oxygens (including phenoxy) is 2. The molecule has 1 aromatic rings. The van der Waals surface area contributed by atoms with Crippen LogP contribution in [0.25, 0.3) is 0 Å². The lowest BCUT2D eigenvalue weighted by Crippen LogP contribution is -2.43. The number of nitrogens with zero attached hydrogens (tertiary/aromatic N) is 1. The maximum atomic E-state index is 12.6. The van der Waals surface area contributed by atoms with E-state index in [1.165, 1.54) is 19.3 Å². The zero-order valence-electron chi connectivity index (χ0n) is 14.7. The van der Waals surface area contributed by atoms with Crippen molar-refractivity contribution in [2.24, 2.45) is 5.92 Å². The third-order valence-electron chi connectivity index (χ3n) is 5.78. The fraction of sp³-hybridized carbons (Fsp3) is 0.571. The Morgan fingerprint density at radius 2 is 1.92 bits per heavy atom. The second-order valence-corrected chi connectivity index (χ2v) is 7.53. The number of rotatable bonds is 4. The van der Waals surface area contributed by atoms with E-state index in [2.05, 4.69) is 6.08 Å². The molecule has 134 valence electrons. The molecule has 4 rings (SSSR count). The molecule has 1 amide bonds. The molecule has 4 heteroatoms. The van der Waals surface area contributed by atoms with Gasteiger partial charge in [-0.05, 0) is 50.0 Å². The predicted molar refractivity (Wildman–Crippen MR) is 96.1 cm³/mol. The molecule has 2 unspecified atom stereocenters. The fourth-order valence-electron chi connectivity index (χ4n) is 4.47. The summed E-state index contributed by atoms with van der Waals surface area (Å²) in [5, 5.41) is 0. The summed E-state index contributed by atoms with van der Waals surface area (Å²) in [6.45, 7) is 2.17. The minimum absolute atomic E-state index is 0.155. The van der Waals surface area contributed by atoms with E-state index < -0.39 is 0 Å². The molecule has 2 fully saturated rings. The Balaban J connectivity index is 1.35. The number of carbonyl (C=O) groups excluding carboxylic acids is 1. The van der Waals surface area contributed by atoms with Gasteiger partial charge in [0.15, 0.2) is 0 Å². The standard InChI is InChI=1S/C21H27NO3/c23-21(25-15-17-4-2-1-3-5-17)22-19-6-7-20(22)14-18(13-19)12-16-8-10-24-11-9-16/h1-5,13,16,19-20H,6-12,14-15H2. The summed E-state index contributed by atoms with van der Waals surface area (Å²) >= 11 is 0. The van der Waals surface area contributed by atoms with Gasteiger partial charge in [-0.3, -0.25) is 4.90 Å². The van der Waals surface area contributed by atoms with Gasteiger partial charge in [0, 0.05) is 19.3 Å². The van der Waals surface area contributed by atoms with Crippen LogP contribution in [0.4, 0.5) is 4.79 Å². The van der Waals surface area contributed by atoms with Crippen LogP contribution in [0, 0.1) is 5.92 Å². The van der Waals surface area contributed by atoms with E-state index >= 15 is 0 Å². The van der Waals surface area contributed by atoms with Crippen molar-refractivity contribution in [2.75, 3.05) is 13.2 Å². The van der Waals surface area contributed by atoms with Crippen molar-refractivity contribution in [2.45, 2.75) is 57.2 Å². The van der Waals surface area contributed by atoms with Crippen molar-refractivity contribution >= 4 is 6.09 Å². The lowest BCUT2D eigenvalue weighted by Gasteiger charge is -2.34. The van der Waals surface area contributed by atoms with E-state index in [0.29, 0.717) is 12.6 Å². The molecular weight excluding hydrogens is 314 g/mol. The Kier molecular flexibility index (Phi) is 5.07. The fourth-order valence-corrected chi connectivity index (χ4v) is 4.47. The van der Waals surface area contributed by atoms with Gasteiger partial charge in [-0.1, -0.05) is 42.0 Å². The van der Waals surface area contributed by atoms with Gasteiger partial charge in [0.25, 0.3) is 0 Å². The van der Waals surface area contributed by atoms with Gasteiger partial charge in [0.1, 0.15) is 6.61 Å². The number of amides is 1. The van der Waals surface area contributed by atoms with E-state index in [9.17, 15) is 4.79 Å². The molecule has 2 bridgehead atoms. The average Bonchev–Trinajstić information content (AvgIpc) is 2.92. The van der Waals surface area contributed by atoms with Gasteiger partial charge in [-0.25, -0.2) is 4.79 Å². The topological polar surface area (TPSA) is 38.8 Å². The highest BCUT2D eigenvalue weighted by molar-refractivity contribution is 5.70. The molecular formula is C21H27NO3. The molecule has 0 aliphatic carbocycles. The van der Waals surface area contributed by atoms with Crippen LogP contribution < -0.4 is 0 Å². The zero-order valence-corrected chi connectivity index (χ0v) is 14.7. The first-order valence-corrected chi connectivity index (χ1v) is 9.56. The monoisotopic (exact) mass is 341 g/mol. The van der Waals surface area contributed by atoms with Crippen molar-refractivity contribution in [1.82, 2.24) is 4.90 Å². The highest BCUT2D eigenvalue weighted by Gasteiger charge is 2.40. The van der Waals surface area contributed by atoms with E-state index in [-0.39, 0.29) is 12.1 Å². The van der Waals surface area contributed by atoms with E-state index in [4.69, 9.17) is 9.47 Å². The van der Waals surface area contributed by atoms with Crippen LogP contribution in [0.5, 0.6) is 0 Å². The van der Waals surface area contributed by atoms with E-state index in [1.807, 2.05) is 35.2 Å². The third-order valence-corrected chi connectivity index (χ3v) is 5.78.